The number of carboxylic acids is 1. The highest BCUT2D eigenvalue weighted by Gasteiger charge is 2.15. The fourth-order valence-corrected chi connectivity index (χ4v) is 3.91. The standard InChI is InChI=1S/C27H24FN3O4/c1-31-15-22(14-30-31)20-9-17(16-35-24-8-3-2-5-18(24)13-26(33)34)10-21(11-20)23-7-4-6-19(27(23)28)12-25(29)32/h2-11,14-15H,12-13,16H2,1H3,(H2,29,32)(H,33,34). The summed E-state index contributed by atoms with van der Waals surface area (Å²) in [6, 6.07) is 17.4. The Hall–Kier alpha value is -4.46. The van der Waals surface area contributed by atoms with E-state index in [2.05, 4.69) is 5.10 Å². The monoisotopic (exact) mass is 473 g/mol. The van der Waals surface area contributed by atoms with Crippen LogP contribution in [0.1, 0.15) is 16.7 Å². The van der Waals surface area contributed by atoms with Crippen molar-refractivity contribution in [2.75, 3.05) is 0 Å². The number of nitrogens with two attached hydrogens (primary N) is 1. The SMILES string of the molecule is Cn1cc(-c2cc(COc3ccccc3CC(=O)O)cc(-c3cccc(CC(N)=O)c3F)c2)cn1. The third-order valence-corrected chi connectivity index (χ3v) is 5.49. The minimum Gasteiger partial charge on any atom is -0.489 e. The number of aliphatic carboxylic acids is 1. The molecule has 4 rings (SSSR count). The maximum absolute atomic E-state index is 15.3. The van der Waals surface area contributed by atoms with E-state index < -0.39 is 17.7 Å². The lowest BCUT2D eigenvalue weighted by atomic mass is 9.95. The van der Waals surface area contributed by atoms with Crippen LogP contribution in [-0.2, 0) is 36.1 Å². The van der Waals surface area contributed by atoms with E-state index in [1.165, 1.54) is 6.07 Å². The zero-order chi connectivity index (χ0) is 24.9. The highest BCUT2D eigenvalue weighted by atomic mass is 19.1. The summed E-state index contributed by atoms with van der Waals surface area (Å²) in [4.78, 5) is 22.6. The number of hydrogen-bond donors (Lipinski definition) is 2. The highest BCUT2D eigenvalue weighted by Crippen LogP contribution is 2.32. The van der Waals surface area contributed by atoms with Crippen LogP contribution in [0.3, 0.4) is 0 Å². The minimum atomic E-state index is -0.951. The number of halogens is 1. The molecule has 1 amide bonds. The van der Waals surface area contributed by atoms with Crippen molar-refractivity contribution in [1.29, 1.82) is 0 Å². The van der Waals surface area contributed by atoms with Crippen molar-refractivity contribution in [1.82, 2.24) is 9.78 Å². The summed E-state index contributed by atoms with van der Waals surface area (Å²) in [5.74, 6) is -1.60. The van der Waals surface area contributed by atoms with Gasteiger partial charge in [0.05, 0.1) is 19.0 Å². The Kier molecular flexibility index (Phi) is 6.91. The van der Waals surface area contributed by atoms with Crippen molar-refractivity contribution in [2.24, 2.45) is 12.8 Å². The summed E-state index contributed by atoms with van der Waals surface area (Å²) in [5.41, 5.74) is 9.42. The molecule has 0 aliphatic heterocycles. The maximum Gasteiger partial charge on any atom is 0.307 e. The van der Waals surface area contributed by atoms with Gasteiger partial charge in [-0.2, -0.15) is 5.10 Å². The molecule has 0 radical (unpaired) electrons. The van der Waals surface area contributed by atoms with Gasteiger partial charge in [0, 0.05) is 29.9 Å². The molecule has 0 atom stereocenters. The third kappa shape index (κ3) is 5.73. The van der Waals surface area contributed by atoms with Crippen LogP contribution in [0.15, 0.2) is 73.1 Å². The topological polar surface area (TPSA) is 107 Å². The number of nitrogens with zero attached hydrogens (tertiary/aromatic N) is 2. The molecule has 0 spiro atoms. The molecule has 3 N–H and O–H groups in total. The third-order valence-electron chi connectivity index (χ3n) is 5.49. The van der Waals surface area contributed by atoms with Crippen LogP contribution in [-0.4, -0.2) is 26.8 Å². The van der Waals surface area contributed by atoms with Crippen LogP contribution >= 0.6 is 0 Å². The number of rotatable bonds is 9. The molecule has 0 saturated carbocycles. The number of ether oxygens (including phenoxy) is 1. The molecule has 0 bridgehead atoms. The van der Waals surface area contributed by atoms with E-state index in [1.54, 1.807) is 47.3 Å². The van der Waals surface area contributed by atoms with Gasteiger partial charge in [0.2, 0.25) is 5.91 Å². The van der Waals surface area contributed by atoms with Crippen LogP contribution in [0, 0.1) is 5.82 Å². The van der Waals surface area contributed by atoms with Crippen LogP contribution < -0.4 is 10.5 Å². The van der Waals surface area contributed by atoms with E-state index in [4.69, 9.17) is 10.5 Å². The minimum absolute atomic E-state index is 0.139. The summed E-state index contributed by atoms with van der Waals surface area (Å²) in [5, 5.41) is 13.4. The molecule has 1 aromatic heterocycles. The molecule has 0 saturated heterocycles. The number of benzene rings is 3. The van der Waals surface area contributed by atoms with Gasteiger partial charge < -0.3 is 15.6 Å². The van der Waals surface area contributed by atoms with Gasteiger partial charge in [-0.1, -0.05) is 36.4 Å². The number of amides is 1. The van der Waals surface area contributed by atoms with E-state index in [0.717, 1.165) is 16.7 Å². The lowest BCUT2D eigenvalue weighted by Gasteiger charge is -2.14. The Bertz CT molecular complexity index is 1400. The Morgan fingerprint density at radius 3 is 2.46 bits per heavy atom. The second-order valence-electron chi connectivity index (χ2n) is 8.21. The predicted molar refractivity (Wildman–Crippen MR) is 129 cm³/mol. The summed E-state index contributed by atoms with van der Waals surface area (Å²) in [6.07, 6.45) is 3.21. The van der Waals surface area contributed by atoms with Crippen LogP contribution in [0.25, 0.3) is 22.3 Å². The second kappa shape index (κ2) is 10.2. The molecule has 4 aromatic rings. The first kappa shape index (κ1) is 23.7. The van der Waals surface area contributed by atoms with E-state index in [0.29, 0.717) is 22.4 Å². The fraction of sp³-hybridized carbons (Fsp3) is 0.148. The Morgan fingerprint density at radius 2 is 1.74 bits per heavy atom. The first-order chi connectivity index (χ1) is 16.8. The van der Waals surface area contributed by atoms with Gasteiger partial charge in [0.1, 0.15) is 18.2 Å². The Morgan fingerprint density at radius 1 is 1.00 bits per heavy atom. The molecule has 0 fully saturated rings. The number of primary amides is 1. The van der Waals surface area contributed by atoms with Gasteiger partial charge in [-0.25, -0.2) is 4.39 Å². The molecule has 7 nitrogen and oxygen atoms in total. The molecule has 0 unspecified atom stereocenters. The number of para-hydroxylation sites is 1. The van der Waals surface area contributed by atoms with Crippen molar-refractivity contribution in [2.45, 2.75) is 19.4 Å². The first-order valence-corrected chi connectivity index (χ1v) is 10.9. The molecule has 178 valence electrons. The van der Waals surface area contributed by atoms with Gasteiger partial charge in [0.25, 0.3) is 0 Å². The smallest absolute Gasteiger partial charge is 0.307 e. The normalized spacial score (nSPS) is 10.8. The Labute approximate surface area is 201 Å². The fourth-order valence-electron chi connectivity index (χ4n) is 3.91. The average Bonchev–Trinajstić information content (AvgIpc) is 3.25. The Balaban J connectivity index is 1.73. The second-order valence-corrected chi connectivity index (χ2v) is 8.21. The van der Waals surface area contributed by atoms with E-state index in [-0.39, 0.29) is 25.0 Å². The number of aromatic nitrogens is 2. The van der Waals surface area contributed by atoms with Crippen molar-refractivity contribution in [3.05, 3.63) is 95.6 Å². The highest BCUT2D eigenvalue weighted by molar-refractivity contribution is 5.79. The predicted octanol–water partition coefficient (Wildman–Crippen LogP) is 4.13. The van der Waals surface area contributed by atoms with Gasteiger partial charge in [-0.3, -0.25) is 14.3 Å². The van der Waals surface area contributed by atoms with E-state index >= 15 is 4.39 Å². The molecule has 0 aliphatic rings. The van der Waals surface area contributed by atoms with Gasteiger partial charge >= 0.3 is 5.97 Å². The van der Waals surface area contributed by atoms with Crippen LogP contribution in [0.4, 0.5) is 4.39 Å². The average molecular weight is 474 g/mol. The lowest BCUT2D eigenvalue weighted by molar-refractivity contribution is -0.136. The largest absolute Gasteiger partial charge is 0.489 e. The number of carbonyl (C=O) groups is 2. The molecule has 35 heavy (non-hydrogen) atoms. The molecule has 3 aromatic carbocycles. The molecular formula is C27H24FN3O4. The first-order valence-electron chi connectivity index (χ1n) is 10.9. The quantitative estimate of drug-likeness (QED) is 0.380. The number of hydrogen-bond acceptors (Lipinski definition) is 4. The summed E-state index contributed by atoms with van der Waals surface area (Å²) < 4.78 is 23.0. The van der Waals surface area contributed by atoms with E-state index in [9.17, 15) is 14.7 Å². The summed E-state index contributed by atoms with van der Waals surface area (Å²) in [7, 11) is 1.81. The molecule has 1 heterocycles. The van der Waals surface area contributed by atoms with E-state index in [1.807, 2.05) is 31.4 Å². The van der Waals surface area contributed by atoms with Crippen molar-refractivity contribution < 1.29 is 23.8 Å². The summed E-state index contributed by atoms with van der Waals surface area (Å²) >= 11 is 0. The van der Waals surface area contributed by atoms with Crippen molar-refractivity contribution in [3.63, 3.8) is 0 Å². The maximum atomic E-state index is 15.3. The number of carbonyl (C=O) groups excluding carboxylic acids is 1. The number of aryl methyl sites for hydroxylation is 1. The zero-order valence-corrected chi connectivity index (χ0v) is 19.1. The molecule has 0 aliphatic carbocycles. The van der Waals surface area contributed by atoms with Gasteiger partial charge in [-0.15, -0.1) is 0 Å². The summed E-state index contributed by atoms with van der Waals surface area (Å²) in [6.45, 7) is 0.139. The zero-order valence-electron chi connectivity index (χ0n) is 19.1. The molecule has 8 heteroatoms. The van der Waals surface area contributed by atoms with Crippen molar-refractivity contribution >= 4 is 11.9 Å². The van der Waals surface area contributed by atoms with Gasteiger partial charge in [0.15, 0.2) is 0 Å². The van der Waals surface area contributed by atoms with Crippen LogP contribution in [0.2, 0.25) is 0 Å². The van der Waals surface area contributed by atoms with Crippen LogP contribution in [0.5, 0.6) is 5.75 Å². The van der Waals surface area contributed by atoms with Gasteiger partial charge in [-0.05, 0) is 46.5 Å². The van der Waals surface area contributed by atoms with Crippen molar-refractivity contribution in [3.8, 4) is 28.0 Å². The molecular weight excluding hydrogens is 449 g/mol. The lowest BCUT2D eigenvalue weighted by Crippen LogP contribution is -2.14. The number of carboxylic acid groups (broad SMARTS) is 1.